The number of ether oxygens (including phenoxy) is 1. The van der Waals surface area contributed by atoms with E-state index in [0.717, 1.165) is 0 Å². The Bertz CT molecular complexity index is 652. The van der Waals surface area contributed by atoms with Crippen LogP contribution in [0.3, 0.4) is 0 Å². The molecule has 0 bridgehead atoms. The number of rotatable bonds is 6. The quantitative estimate of drug-likeness (QED) is 0.715. The van der Waals surface area contributed by atoms with Gasteiger partial charge in [0, 0.05) is 24.7 Å². The Morgan fingerprint density at radius 2 is 2.18 bits per heavy atom. The summed E-state index contributed by atoms with van der Waals surface area (Å²) in [6.07, 6.45) is 1.89. The molecule has 2 rings (SSSR count). The normalized spacial score (nSPS) is 10.7. The number of pyridine rings is 1. The van der Waals surface area contributed by atoms with E-state index < -0.39 is 12.6 Å². The van der Waals surface area contributed by atoms with Crippen LogP contribution in [0, 0.1) is 0 Å². The Morgan fingerprint density at radius 3 is 2.91 bits per heavy atom. The first-order valence-corrected chi connectivity index (χ1v) is 6.60. The molecule has 0 saturated heterocycles. The van der Waals surface area contributed by atoms with E-state index in [4.69, 9.17) is 5.11 Å². The molecule has 8 heteroatoms. The average molecular weight is 311 g/mol. The molecule has 3 N–H and O–H groups in total. The van der Waals surface area contributed by atoms with Crippen LogP contribution in [-0.4, -0.2) is 35.9 Å². The summed E-state index contributed by atoms with van der Waals surface area (Å²) in [5.74, 6) is -0.0585. The standard InChI is InChI=1S/C14H15F2N3O3/c15-13(16)22-11-5-4-10(9-3-1-6-17-12(9)11)19-14(21)18-7-2-8-20/h1,3-6,13,20H,2,7-8H2,(H2,18,19,21). The number of benzene rings is 1. The molecular weight excluding hydrogens is 296 g/mol. The third-order valence-corrected chi connectivity index (χ3v) is 2.82. The van der Waals surface area contributed by atoms with E-state index in [1.165, 1.54) is 18.3 Å². The number of amides is 2. The van der Waals surface area contributed by atoms with Crippen LogP contribution in [0.15, 0.2) is 30.5 Å². The highest BCUT2D eigenvalue weighted by molar-refractivity contribution is 6.02. The topological polar surface area (TPSA) is 83.5 Å². The van der Waals surface area contributed by atoms with Crippen LogP contribution in [-0.2, 0) is 0 Å². The minimum Gasteiger partial charge on any atom is -0.432 e. The molecule has 22 heavy (non-hydrogen) atoms. The number of hydrogen-bond donors (Lipinski definition) is 3. The van der Waals surface area contributed by atoms with Gasteiger partial charge in [-0.2, -0.15) is 8.78 Å². The number of alkyl halides is 2. The monoisotopic (exact) mass is 311 g/mol. The Hall–Kier alpha value is -2.48. The lowest BCUT2D eigenvalue weighted by atomic mass is 10.1. The zero-order chi connectivity index (χ0) is 15.9. The number of aliphatic hydroxyl groups excluding tert-OH is 1. The van der Waals surface area contributed by atoms with Gasteiger partial charge in [0.25, 0.3) is 0 Å². The first kappa shape index (κ1) is 15.9. The third-order valence-electron chi connectivity index (χ3n) is 2.82. The summed E-state index contributed by atoms with van der Waals surface area (Å²) >= 11 is 0. The number of nitrogens with one attached hydrogen (secondary N) is 2. The van der Waals surface area contributed by atoms with Gasteiger partial charge >= 0.3 is 12.6 Å². The van der Waals surface area contributed by atoms with Gasteiger partial charge in [0.05, 0.1) is 5.69 Å². The second-order valence-corrected chi connectivity index (χ2v) is 4.35. The number of urea groups is 1. The molecule has 0 unspecified atom stereocenters. The minimum absolute atomic E-state index is 0.0210. The first-order valence-electron chi connectivity index (χ1n) is 6.60. The molecule has 0 spiro atoms. The molecule has 1 aromatic heterocycles. The molecule has 118 valence electrons. The highest BCUT2D eigenvalue weighted by Gasteiger charge is 2.13. The largest absolute Gasteiger partial charge is 0.432 e. The summed E-state index contributed by atoms with van der Waals surface area (Å²) in [5, 5.41) is 14.3. The predicted molar refractivity (Wildman–Crippen MR) is 77.1 cm³/mol. The number of aromatic nitrogens is 1. The molecule has 6 nitrogen and oxygen atoms in total. The van der Waals surface area contributed by atoms with Gasteiger partial charge in [-0.25, -0.2) is 4.79 Å². The molecular formula is C14H15F2N3O3. The van der Waals surface area contributed by atoms with Crippen LogP contribution >= 0.6 is 0 Å². The number of halogens is 2. The number of nitrogens with zero attached hydrogens (tertiary/aromatic N) is 1. The predicted octanol–water partition coefficient (Wildman–Crippen LogP) is 2.34. The van der Waals surface area contributed by atoms with Crippen molar-refractivity contribution < 1.29 is 23.4 Å². The molecule has 0 fully saturated rings. The summed E-state index contributed by atoms with van der Waals surface area (Å²) in [5.41, 5.74) is 0.655. The van der Waals surface area contributed by atoms with Crippen LogP contribution in [0.4, 0.5) is 19.3 Å². The maximum absolute atomic E-state index is 12.4. The Kier molecular flexibility index (Phi) is 5.42. The van der Waals surface area contributed by atoms with Crippen molar-refractivity contribution in [3.8, 4) is 5.75 Å². The van der Waals surface area contributed by atoms with Gasteiger partial charge in [0.15, 0.2) is 5.75 Å². The summed E-state index contributed by atoms with van der Waals surface area (Å²) < 4.78 is 29.2. The molecule has 0 radical (unpaired) electrons. The third kappa shape index (κ3) is 4.01. The summed E-state index contributed by atoms with van der Waals surface area (Å²) in [6, 6.07) is 5.60. The maximum Gasteiger partial charge on any atom is 0.387 e. The van der Waals surface area contributed by atoms with Crippen LogP contribution < -0.4 is 15.4 Å². The van der Waals surface area contributed by atoms with Crippen molar-refractivity contribution in [3.63, 3.8) is 0 Å². The molecule has 2 amide bonds. The Balaban J connectivity index is 2.22. The van der Waals surface area contributed by atoms with Gasteiger partial charge in [-0.15, -0.1) is 0 Å². The molecule has 0 atom stereocenters. The van der Waals surface area contributed by atoms with Crippen LogP contribution in [0.2, 0.25) is 0 Å². The number of aliphatic hydroxyl groups is 1. The molecule has 2 aromatic rings. The van der Waals surface area contributed by atoms with E-state index in [9.17, 15) is 13.6 Å². The summed E-state index contributed by atoms with van der Waals surface area (Å²) in [7, 11) is 0. The second kappa shape index (κ2) is 7.51. The fourth-order valence-electron chi connectivity index (χ4n) is 1.89. The van der Waals surface area contributed by atoms with Gasteiger partial charge < -0.3 is 20.5 Å². The van der Waals surface area contributed by atoms with Crippen molar-refractivity contribution in [2.75, 3.05) is 18.5 Å². The van der Waals surface area contributed by atoms with E-state index >= 15 is 0 Å². The highest BCUT2D eigenvalue weighted by atomic mass is 19.3. The van der Waals surface area contributed by atoms with Crippen molar-refractivity contribution in [1.82, 2.24) is 10.3 Å². The maximum atomic E-state index is 12.4. The highest BCUT2D eigenvalue weighted by Crippen LogP contribution is 2.30. The SMILES string of the molecule is O=C(NCCCO)Nc1ccc(OC(F)F)c2ncccc12. The molecule has 0 aliphatic carbocycles. The fourth-order valence-corrected chi connectivity index (χ4v) is 1.89. The van der Waals surface area contributed by atoms with Gasteiger partial charge in [-0.3, -0.25) is 4.98 Å². The van der Waals surface area contributed by atoms with E-state index in [0.29, 0.717) is 24.0 Å². The van der Waals surface area contributed by atoms with Crippen molar-refractivity contribution in [2.24, 2.45) is 0 Å². The average Bonchev–Trinajstić information content (AvgIpc) is 2.49. The van der Waals surface area contributed by atoms with Crippen molar-refractivity contribution >= 4 is 22.6 Å². The molecule has 0 aliphatic heterocycles. The lowest BCUT2D eigenvalue weighted by molar-refractivity contribution is -0.0489. The lowest BCUT2D eigenvalue weighted by Gasteiger charge is -2.12. The summed E-state index contributed by atoms with van der Waals surface area (Å²) in [4.78, 5) is 15.7. The number of anilines is 1. The van der Waals surface area contributed by atoms with E-state index in [-0.39, 0.29) is 17.9 Å². The van der Waals surface area contributed by atoms with Gasteiger partial charge in [0.2, 0.25) is 0 Å². The van der Waals surface area contributed by atoms with E-state index in [2.05, 4.69) is 20.4 Å². The Morgan fingerprint density at radius 1 is 1.36 bits per heavy atom. The number of carbonyl (C=O) groups excluding carboxylic acids is 1. The van der Waals surface area contributed by atoms with Gasteiger partial charge in [0.1, 0.15) is 5.52 Å². The lowest BCUT2D eigenvalue weighted by Crippen LogP contribution is -2.30. The second-order valence-electron chi connectivity index (χ2n) is 4.35. The molecule has 0 saturated carbocycles. The van der Waals surface area contributed by atoms with E-state index in [1.807, 2.05) is 0 Å². The van der Waals surface area contributed by atoms with Gasteiger partial charge in [-0.1, -0.05) is 0 Å². The van der Waals surface area contributed by atoms with E-state index in [1.54, 1.807) is 12.1 Å². The zero-order valence-corrected chi connectivity index (χ0v) is 11.6. The van der Waals surface area contributed by atoms with Crippen molar-refractivity contribution in [1.29, 1.82) is 0 Å². The Labute approximate surface area is 125 Å². The number of fused-ring (bicyclic) bond motifs is 1. The minimum atomic E-state index is -2.95. The zero-order valence-electron chi connectivity index (χ0n) is 11.6. The van der Waals surface area contributed by atoms with Crippen molar-refractivity contribution in [2.45, 2.75) is 13.0 Å². The van der Waals surface area contributed by atoms with Crippen molar-refractivity contribution in [3.05, 3.63) is 30.5 Å². The first-order chi connectivity index (χ1) is 10.6. The molecule has 1 heterocycles. The summed E-state index contributed by atoms with van der Waals surface area (Å²) in [6.45, 7) is -2.65. The van der Waals surface area contributed by atoms with Crippen LogP contribution in [0.1, 0.15) is 6.42 Å². The van der Waals surface area contributed by atoms with Gasteiger partial charge in [-0.05, 0) is 30.7 Å². The smallest absolute Gasteiger partial charge is 0.387 e. The number of carbonyl (C=O) groups is 1. The molecule has 0 aliphatic rings. The van der Waals surface area contributed by atoms with Crippen LogP contribution in [0.5, 0.6) is 5.75 Å². The molecule has 1 aromatic carbocycles. The fraction of sp³-hybridized carbons (Fsp3) is 0.286. The number of hydrogen-bond acceptors (Lipinski definition) is 4. The van der Waals surface area contributed by atoms with Crippen LogP contribution in [0.25, 0.3) is 10.9 Å².